The molecule has 0 radical (unpaired) electrons. The van der Waals surface area contributed by atoms with Crippen LogP contribution in [0.25, 0.3) is 0 Å². The highest BCUT2D eigenvalue weighted by Gasteiger charge is 2.32. The van der Waals surface area contributed by atoms with Gasteiger partial charge in [0.2, 0.25) is 29.5 Å². The summed E-state index contributed by atoms with van der Waals surface area (Å²) in [5.74, 6) is -8.73. The normalized spacial score (nSPS) is 14.3. The van der Waals surface area contributed by atoms with E-state index in [2.05, 4.69) is 0 Å². The van der Waals surface area contributed by atoms with Crippen molar-refractivity contribution in [2.75, 3.05) is 6.61 Å². The second-order valence-corrected chi connectivity index (χ2v) is 6.25. The zero-order chi connectivity index (χ0) is 24.3. The number of hydrogen-bond donors (Lipinski definition) is 9. The largest absolute Gasteiger partial charge is 0.481 e. The molecule has 0 aromatic heterocycles. The van der Waals surface area contributed by atoms with E-state index in [0.29, 0.717) is 0 Å². The summed E-state index contributed by atoms with van der Waals surface area (Å²) in [5, 5.41) is 32.5. The average molecular weight is 448 g/mol. The molecule has 0 aromatic carbocycles. The Kier molecular flexibility index (Phi) is 11.2. The predicted molar refractivity (Wildman–Crippen MR) is 98.4 cm³/mol. The molecule has 0 saturated carbocycles. The molecule has 0 rings (SSSR count). The molecule has 0 aromatic rings. The minimum absolute atomic E-state index is 0.585. The smallest absolute Gasteiger partial charge is 0.328 e. The monoisotopic (exact) mass is 448 g/mol. The topological polar surface area (TPSA) is 294 Å². The van der Waals surface area contributed by atoms with Crippen LogP contribution < -0.4 is 33.2 Å². The quantitative estimate of drug-likeness (QED) is 0.120. The van der Waals surface area contributed by atoms with Crippen molar-refractivity contribution in [1.29, 1.82) is 0 Å². The fourth-order valence-corrected chi connectivity index (χ4v) is 2.11. The molecule has 16 heteroatoms. The Balaban J connectivity index is 5.47. The maximum atomic E-state index is 12.4. The summed E-state index contributed by atoms with van der Waals surface area (Å²) in [6, 6.07) is -6.81. The van der Waals surface area contributed by atoms with Crippen molar-refractivity contribution in [3.8, 4) is 0 Å². The highest BCUT2D eigenvalue weighted by molar-refractivity contribution is 5.97. The van der Waals surface area contributed by atoms with Crippen LogP contribution >= 0.6 is 0 Å². The molecule has 0 aliphatic carbocycles. The van der Waals surface area contributed by atoms with Crippen LogP contribution in [0.15, 0.2) is 0 Å². The van der Waals surface area contributed by atoms with Gasteiger partial charge < -0.3 is 48.5 Å². The van der Waals surface area contributed by atoms with Crippen molar-refractivity contribution in [3.05, 3.63) is 0 Å². The summed E-state index contributed by atoms with van der Waals surface area (Å²) in [6.45, 7) is -1.02. The number of carbonyl (C=O) groups is 7. The van der Waals surface area contributed by atoms with Gasteiger partial charge in [0.1, 0.15) is 18.1 Å². The summed E-state index contributed by atoms with van der Waals surface area (Å²) < 4.78 is 0. The van der Waals surface area contributed by atoms with Gasteiger partial charge in [0.05, 0.1) is 31.9 Å². The molecular weight excluding hydrogens is 424 g/mol. The lowest BCUT2D eigenvalue weighted by molar-refractivity contribution is -0.144. The third kappa shape index (κ3) is 10.5. The lowest BCUT2D eigenvalue weighted by atomic mass is 10.1. The average Bonchev–Trinajstić information content (AvgIpc) is 2.62. The van der Waals surface area contributed by atoms with Gasteiger partial charge >= 0.3 is 11.9 Å². The van der Waals surface area contributed by atoms with E-state index in [1.165, 1.54) is 0 Å². The zero-order valence-electron chi connectivity index (χ0n) is 16.1. The number of nitrogens with one attached hydrogen (secondary N) is 3. The van der Waals surface area contributed by atoms with Gasteiger partial charge in [-0.1, -0.05) is 0 Å². The van der Waals surface area contributed by atoms with Crippen LogP contribution in [-0.2, 0) is 33.6 Å². The Labute approximate surface area is 174 Å². The molecule has 4 atom stereocenters. The van der Waals surface area contributed by atoms with Gasteiger partial charge in [-0.05, 0) is 0 Å². The number of carboxylic acids is 2. The van der Waals surface area contributed by atoms with Crippen LogP contribution in [0, 0.1) is 0 Å². The maximum absolute atomic E-state index is 12.4. The molecule has 0 aliphatic rings. The lowest BCUT2D eigenvalue weighted by Crippen LogP contribution is -2.58. The van der Waals surface area contributed by atoms with Crippen molar-refractivity contribution < 1.29 is 48.9 Å². The molecule has 5 amide bonds. The molecule has 0 saturated heterocycles. The van der Waals surface area contributed by atoms with Crippen LogP contribution in [-0.4, -0.2) is 87.6 Å². The summed E-state index contributed by atoms with van der Waals surface area (Å²) in [5.41, 5.74) is 15.3. The van der Waals surface area contributed by atoms with Gasteiger partial charge in [0.15, 0.2) is 0 Å². The highest BCUT2D eigenvalue weighted by atomic mass is 16.4. The Morgan fingerprint density at radius 2 is 1.10 bits per heavy atom. The molecule has 0 aliphatic heterocycles. The molecule has 12 N–H and O–H groups in total. The Morgan fingerprint density at radius 1 is 0.677 bits per heavy atom. The SMILES string of the molecule is NC(=O)CC(N)C(=O)NC(CC(N)=O)C(=O)NC(CC(=O)O)C(=O)NC(CO)C(=O)O. The van der Waals surface area contributed by atoms with Crippen LogP contribution in [0.3, 0.4) is 0 Å². The standard InChI is InChI=1S/C15H24N6O10/c16-5(1-9(17)23)12(27)19-6(2-10(18)24)13(28)20-7(3-11(25)26)14(29)21-8(4-22)15(30)31/h5-8,22H,1-4,16H2,(H2,17,23)(H2,18,24)(H,19,27)(H,20,28)(H,21,29)(H,25,26)(H,30,31). The second kappa shape index (κ2) is 12.7. The van der Waals surface area contributed by atoms with E-state index in [9.17, 15) is 33.6 Å². The minimum Gasteiger partial charge on any atom is -0.481 e. The molecule has 31 heavy (non-hydrogen) atoms. The van der Waals surface area contributed by atoms with E-state index in [0.717, 1.165) is 0 Å². The van der Waals surface area contributed by atoms with E-state index in [4.69, 9.17) is 32.5 Å². The van der Waals surface area contributed by atoms with Crippen molar-refractivity contribution >= 4 is 41.5 Å². The summed E-state index contributed by atoms with van der Waals surface area (Å²) in [4.78, 5) is 80.6. The first-order valence-corrected chi connectivity index (χ1v) is 8.57. The van der Waals surface area contributed by atoms with Crippen molar-refractivity contribution in [3.63, 3.8) is 0 Å². The number of aliphatic carboxylic acids is 2. The van der Waals surface area contributed by atoms with E-state index >= 15 is 0 Å². The fraction of sp³-hybridized carbons (Fsp3) is 0.533. The van der Waals surface area contributed by atoms with E-state index in [1.807, 2.05) is 16.0 Å². The predicted octanol–water partition coefficient (Wildman–Crippen LogP) is -5.93. The third-order valence-electron chi connectivity index (χ3n) is 3.61. The fourth-order valence-electron chi connectivity index (χ4n) is 2.11. The highest BCUT2D eigenvalue weighted by Crippen LogP contribution is 2.00. The summed E-state index contributed by atoms with van der Waals surface area (Å²) in [6.07, 6.45) is -2.37. The van der Waals surface area contributed by atoms with Crippen molar-refractivity contribution in [2.24, 2.45) is 17.2 Å². The van der Waals surface area contributed by atoms with Gasteiger partial charge in [-0.3, -0.25) is 28.8 Å². The van der Waals surface area contributed by atoms with E-state index < -0.39 is 91.5 Å². The Morgan fingerprint density at radius 3 is 1.48 bits per heavy atom. The number of carbonyl (C=O) groups excluding carboxylic acids is 5. The van der Waals surface area contributed by atoms with Gasteiger partial charge in [-0.2, -0.15) is 0 Å². The Hall–Kier alpha value is -3.79. The first kappa shape index (κ1) is 27.2. The maximum Gasteiger partial charge on any atom is 0.328 e. The first-order valence-electron chi connectivity index (χ1n) is 8.57. The van der Waals surface area contributed by atoms with Crippen LogP contribution in [0.2, 0.25) is 0 Å². The molecule has 0 bridgehead atoms. The number of nitrogens with two attached hydrogens (primary N) is 3. The number of primary amides is 2. The van der Waals surface area contributed by atoms with Crippen LogP contribution in [0.1, 0.15) is 19.3 Å². The Bertz CT molecular complexity index is 742. The number of carboxylic acid groups (broad SMARTS) is 2. The third-order valence-corrected chi connectivity index (χ3v) is 3.61. The van der Waals surface area contributed by atoms with Crippen LogP contribution in [0.4, 0.5) is 0 Å². The van der Waals surface area contributed by atoms with Gasteiger partial charge in [0.25, 0.3) is 0 Å². The van der Waals surface area contributed by atoms with E-state index in [1.54, 1.807) is 0 Å². The minimum atomic E-state index is -1.84. The molecular formula is C15H24N6O10. The number of amides is 5. The number of aliphatic hydroxyl groups is 1. The van der Waals surface area contributed by atoms with Gasteiger partial charge in [0, 0.05) is 0 Å². The molecule has 0 heterocycles. The molecule has 174 valence electrons. The number of hydrogen-bond acceptors (Lipinski definition) is 9. The molecule has 0 fully saturated rings. The summed E-state index contributed by atoms with van der Waals surface area (Å²) in [7, 11) is 0. The molecule has 0 spiro atoms. The second-order valence-electron chi connectivity index (χ2n) is 6.25. The number of rotatable bonds is 14. The summed E-state index contributed by atoms with van der Waals surface area (Å²) >= 11 is 0. The molecule has 16 nitrogen and oxygen atoms in total. The van der Waals surface area contributed by atoms with Crippen molar-refractivity contribution in [1.82, 2.24) is 16.0 Å². The van der Waals surface area contributed by atoms with E-state index in [-0.39, 0.29) is 0 Å². The zero-order valence-corrected chi connectivity index (χ0v) is 16.1. The molecule has 4 unspecified atom stereocenters. The van der Waals surface area contributed by atoms with Gasteiger partial charge in [-0.15, -0.1) is 0 Å². The van der Waals surface area contributed by atoms with Gasteiger partial charge in [-0.25, -0.2) is 4.79 Å². The lowest BCUT2D eigenvalue weighted by Gasteiger charge is -2.23. The number of aliphatic hydroxyl groups excluding tert-OH is 1. The first-order chi connectivity index (χ1) is 14.3. The van der Waals surface area contributed by atoms with Crippen LogP contribution in [0.5, 0.6) is 0 Å². The van der Waals surface area contributed by atoms with Crippen molar-refractivity contribution in [2.45, 2.75) is 43.4 Å².